The summed E-state index contributed by atoms with van der Waals surface area (Å²) < 4.78 is 146. The second-order valence-corrected chi connectivity index (χ2v) is 7.42. The lowest BCUT2D eigenvalue weighted by Crippen LogP contribution is -2.59. The van der Waals surface area contributed by atoms with Gasteiger partial charge in [-0.15, -0.1) is 0 Å². The third-order valence-electron chi connectivity index (χ3n) is 4.74. The van der Waals surface area contributed by atoms with Crippen LogP contribution in [0.1, 0.15) is 36.1 Å². The Balaban J connectivity index is 3.98. The Kier molecular flexibility index (Phi) is 9.05. The third-order valence-corrected chi connectivity index (χ3v) is 4.74. The summed E-state index contributed by atoms with van der Waals surface area (Å²) in [6.45, 7) is 4.80. The number of hydrogen-bond donors (Lipinski definition) is 0. The predicted octanol–water partition coefficient (Wildman–Crippen LogP) is 7.72. The Bertz CT molecular complexity index is 882. The zero-order valence-electron chi connectivity index (χ0n) is 18.9. The van der Waals surface area contributed by atoms with Gasteiger partial charge in [0.2, 0.25) is 0 Å². The van der Waals surface area contributed by atoms with Gasteiger partial charge < -0.3 is 9.47 Å². The number of halogens is 10. The Hall–Kier alpha value is -2.08. The molecule has 1 aromatic rings. The van der Waals surface area contributed by atoms with E-state index in [9.17, 15) is 43.9 Å². The Morgan fingerprint density at radius 3 is 1.56 bits per heavy atom. The summed E-state index contributed by atoms with van der Waals surface area (Å²) in [7, 11) is 0. The molecule has 12 heteroatoms. The van der Waals surface area contributed by atoms with Gasteiger partial charge in [0.05, 0.1) is 0 Å². The predicted molar refractivity (Wildman–Crippen MR) is 106 cm³/mol. The van der Waals surface area contributed by atoms with E-state index in [4.69, 9.17) is 0 Å². The molecule has 0 aliphatic heterocycles. The van der Waals surface area contributed by atoms with Crippen molar-refractivity contribution in [1.82, 2.24) is 0 Å². The van der Waals surface area contributed by atoms with Crippen molar-refractivity contribution in [2.24, 2.45) is 0 Å². The number of alkyl halides is 10. The molecule has 0 amide bonds. The molecule has 0 radical (unpaired) electrons. The van der Waals surface area contributed by atoms with E-state index in [1.54, 1.807) is 19.1 Å². The van der Waals surface area contributed by atoms with Crippen molar-refractivity contribution in [2.45, 2.75) is 64.6 Å². The quantitative estimate of drug-likeness (QED) is 0.192. The Morgan fingerprint density at radius 2 is 1.21 bits per heavy atom. The molecule has 2 nitrogen and oxygen atoms in total. The molecule has 0 N–H and O–H groups in total. The molecule has 0 aliphatic carbocycles. The number of aryl methyl sites for hydroxylation is 3. The molecule has 0 spiro atoms. The zero-order chi connectivity index (χ0) is 26.8. The van der Waals surface area contributed by atoms with E-state index in [0.29, 0.717) is 11.1 Å². The van der Waals surface area contributed by atoms with E-state index < -0.39 is 54.8 Å². The van der Waals surface area contributed by atoms with Crippen LogP contribution in [0.5, 0.6) is 0 Å². The molecule has 1 rings (SSSR count). The highest BCUT2D eigenvalue weighted by Crippen LogP contribution is 2.50. The number of rotatable bonds is 9. The number of allylic oxidation sites excluding steroid dienone is 2. The summed E-state index contributed by atoms with van der Waals surface area (Å²) in [5, 5.41) is 0. The minimum absolute atomic E-state index is 0.136. The lowest BCUT2D eigenvalue weighted by Gasteiger charge is -2.38. The van der Waals surface area contributed by atoms with Gasteiger partial charge in [-0.25, -0.2) is 0 Å². The normalized spacial score (nSPS) is 14.9. The number of hydrogen-bond acceptors (Lipinski definition) is 2. The first-order chi connectivity index (χ1) is 15.3. The minimum atomic E-state index is -6.40. The van der Waals surface area contributed by atoms with Crippen LogP contribution in [0.4, 0.5) is 43.9 Å². The van der Waals surface area contributed by atoms with E-state index >= 15 is 0 Å². The lowest BCUT2D eigenvalue weighted by molar-refractivity contribution is -0.397. The molecule has 194 valence electrons. The SMILES string of the molecule is CCOC(/C=C(/C=C/c1c(C)cc(C)cc1C)C(F)(F)C(F)(F)F)(OCC)C(F)(F)C(F)(F)F. The van der Waals surface area contributed by atoms with Crippen molar-refractivity contribution >= 4 is 6.08 Å². The molecule has 34 heavy (non-hydrogen) atoms. The van der Waals surface area contributed by atoms with Gasteiger partial charge in [-0.1, -0.05) is 29.8 Å². The van der Waals surface area contributed by atoms with Crippen LogP contribution >= 0.6 is 0 Å². The minimum Gasteiger partial charge on any atom is -0.342 e. The standard InChI is InChI=1S/C22H24F10O2/c1-6-33-18(34-7-2,20(25,26)22(30,31)32)12-16(19(23,24)21(27,28)29)8-9-17-14(4)10-13(3)11-15(17)5/h8-12H,6-7H2,1-5H3/b9-8+,16-12-. The zero-order valence-corrected chi connectivity index (χ0v) is 18.9. The fraction of sp³-hybridized carbons (Fsp3) is 0.545. The van der Waals surface area contributed by atoms with Crippen molar-refractivity contribution < 1.29 is 53.4 Å². The number of ether oxygens (including phenoxy) is 2. The largest absolute Gasteiger partial charge is 0.459 e. The molecule has 0 aliphatic rings. The summed E-state index contributed by atoms with van der Waals surface area (Å²) in [5.74, 6) is -16.1. The van der Waals surface area contributed by atoms with Gasteiger partial charge in [0, 0.05) is 18.8 Å². The molecule has 0 saturated heterocycles. The lowest BCUT2D eigenvalue weighted by atomic mass is 9.95. The second kappa shape index (κ2) is 10.3. The van der Waals surface area contributed by atoms with Gasteiger partial charge in [0.15, 0.2) is 0 Å². The van der Waals surface area contributed by atoms with Gasteiger partial charge >= 0.3 is 24.2 Å². The summed E-state index contributed by atoms with van der Waals surface area (Å²) in [5.41, 5.74) is -0.379. The highest BCUT2D eigenvalue weighted by molar-refractivity contribution is 5.61. The van der Waals surface area contributed by atoms with Gasteiger partial charge in [-0.05, 0) is 57.4 Å². The highest BCUT2D eigenvalue weighted by Gasteiger charge is 2.72. The van der Waals surface area contributed by atoms with Gasteiger partial charge in [-0.2, -0.15) is 43.9 Å². The van der Waals surface area contributed by atoms with Crippen LogP contribution in [0, 0.1) is 20.8 Å². The van der Waals surface area contributed by atoms with E-state index in [1.807, 2.05) is 0 Å². The third kappa shape index (κ3) is 5.94. The van der Waals surface area contributed by atoms with Crippen molar-refractivity contribution in [2.75, 3.05) is 13.2 Å². The molecule has 0 fully saturated rings. The van der Waals surface area contributed by atoms with Crippen LogP contribution in [0.25, 0.3) is 6.08 Å². The Labute approximate surface area is 190 Å². The van der Waals surface area contributed by atoms with Crippen molar-refractivity contribution in [3.63, 3.8) is 0 Å². The van der Waals surface area contributed by atoms with Crippen molar-refractivity contribution in [1.29, 1.82) is 0 Å². The topological polar surface area (TPSA) is 18.5 Å². The van der Waals surface area contributed by atoms with Crippen molar-refractivity contribution in [3.05, 3.63) is 52.1 Å². The summed E-state index contributed by atoms with van der Waals surface area (Å²) in [6, 6.07) is 3.17. The maximum Gasteiger partial charge on any atom is 0.459 e. The molecular weight excluding hydrogens is 486 g/mol. The number of benzene rings is 1. The van der Waals surface area contributed by atoms with Gasteiger partial charge in [0.25, 0.3) is 5.79 Å². The van der Waals surface area contributed by atoms with E-state index in [-0.39, 0.29) is 11.6 Å². The molecular formula is C22H24F10O2. The average molecular weight is 510 g/mol. The van der Waals surface area contributed by atoms with E-state index in [2.05, 4.69) is 9.47 Å². The fourth-order valence-electron chi connectivity index (χ4n) is 3.26. The van der Waals surface area contributed by atoms with Crippen LogP contribution in [0.3, 0.4) is 0 Å². The fourth-order valence-corrected chi connectivity index (χ4v) is 3.26. The second-order valence-electron chi connectivity index (χ2n) is 7.42. The van der Waals surface area contributed by atoms with Gasteiger partial charge in [-0.3, -0.25) is 0 Å². The van der Waals surface area contributed by atoms with Gasteiger partial charge in [0.1, 0.15) is 0 Å². The van der Waals surface area contributed by atoms with Crippen LogP contribution in [0.2, 0.25) is 0 Å². The van der Waals surface area contributed by atoms with Crippen LogP contribution < -0.4 is 0 Å². The first-order valence-electron chi connectivity index (χ1n) is 9.93. The highest BCUT2D eigenvalue weighted by atomic mass is 19.4. The van der Waals surface area contributed by atoms with Crippen LogP contribution in [0.15, 0.2) is 29.9 Å². The maximum absolute atomic E-state index is 14.4. The smallest absolute Gasteiger partial charge is 0.342 e. The van der Waals surface area contributed by atoms with Crippen molar-refractivity contribution in [3.8, 4) is 0 Å². The first kappa shape index (κ1) is 30.0. The average Bonchev–Trinajstić information content (AvgIpc) is 2.64. The van der Waals surface area contributed by atoms with Crippen LogP contribution in [-0.4, -0.2) is 43.2 Å². The summed E-state index contributed by atoms with van der Waals surface area (Å²) in [4.78, 5) is 0. The maximum atomic E-state index is 14.4. The summed E-state index contributed by atoms with van der Waals surface area (Å²) >= 11 is 0. The molecule has 0 atom stereocenters. The molecule has 0 bridgehead atoms. The monoisotopic (exact) mass is 510 g/mol. The molecule has 0 unspecified atom stereocenters. The molecule has 0 saturated carbocycles. The molecule has 0 aromatic heterocycles. The Morgan fingerprint density at radius 1 is 0.765 bits per heavy atom. The van der Waals surface area contributed by atoms with Crippen LogP contribution in [-0.2, 0) is 9.47 Å². The molecule has 0 heterocycles. The first-order valence-corrected chi connectivity index (χ1v) is 9.93. The van der Waals surface area contributed by atoms with E-state index in [0.717, 1.165) is 25.5 Å². The van der Waals surface area contributed by atoms with E-state index in [1.165, 1.54) is 13.8 Å². The summed E-state index contributed by atoms with van der Waals surface area (Å²) in [6.07, 6.45) is -12.4. The molecule has 1 aromatic carbocycles.